The average molecular weight is 1430 g/mol. The van der Waals surface area contributed by atoms with Crippen molar-refractivity contribution in [3.63, 3.8) is 0 Å². The molecule has 12 nitrogen and oxygen atoms in total. The van der Waals surface area contributed by atoms with Crippen LogP contribution in [0, 0.1) is 63.2 Å². The van der Waals surface area contributed by atoms with E-state index in [2.05, 4.69) is 156 Å². The number of ether oxygens (including phenoxy) is 3. The molecule has 0 heterocycles. The Morgan fingerprint density at radius 1 is 0.560 bits per heavy atom. The van der Waals surface area contributed by atoms with E-state index in [0.29, 0.717) is 42.0 Å². The first-order valence-electron chi connectivity index (χ1n) is 30.5. The molecule has 91 heavy (non-hydrogen) atoms. The Bertz CT molecular complexity index is 3220. The number of carbonyl (C=O) groups excluding carboxylic acids is 3. The summed E-state index contributed by atoms with van der Waals surface area (Å²) in [4.78, 5) is 65.3. The lowest BCUT2D eigenvalue weighted by Crippen LogP contribution is -3.00. The standard InChI is InChI=1S/C32H33O4S.C22H20O3S.C10H14O2.C8H17N3.2CH4.2BrH.ClH/c1-21-13-28(37(26-9-5-3-6-10-26)27-11-7-4-8-12-27)14-22(2)31(21)35-20-29(33)36-32-17-23-15-24(18-32)30(34)25(16-23)19-32;1-16-13-20(14-17(2)22(16)25-15-21(23)24)26(18-9-5-3-6-10-18)19-11-7-4-8-12-19;11-9-7-1-6-2-8(9)5-10(12,3-6)4-7;1-4-9-8-10-6-5-7-11(2)3;;;;;/h3-14,23-25H,15-20H2,1-2H3;3-14H,15H2,1-2H3;6-8,12H,1-5H2;4-7H2,1-3H3;2*1H4;3*1H/q+1;;;;;;;;/p-1. The van der Waals surface area contributed by atoms with E-state index >= 15 is 0 Å². The fourth-order valence-corrected chi connectivity index (χ4v) is 18.8. The van der Waals surface area contributed by atoms with E-state index in [1.165, 1.54) is 29.4 Å². The lowest BCUT2D eigenvalue weighted by atomic mass is 9.53. The van der Waals surface area contributed by atoms with Gasteiger partial charge in [-0.2, -0.15) is 0 Å². The van der Waals surface area contributed by atoms with Crippen molar-refractivity contribution in [3.8, 4) is 11.5 Å². The van der Waals surface area contributed by atoms with Crippen LogP contribution in [0.1, 0.15) is 115 Å². The molecule has 4 atom stereocenters. The van der Waals surface area contributed by atoms with Crippen molar-refractivity contribution in [1.29, 1.82) is 0 Å². The van der Waals surface area contributed by atoms with E-state index < -0.39 is 17.2 Å². The van der Waals surface area contributed by atoms with E-state index in [4.69, 9.17) is 19.3 Å². The molecule has 8 fully saturated rings. The number of carboxylic acids is 1. The van der Waals surface area contributed by atoms with Crippen molar-refractivity contribution >= 4 is 63.7 Å². The first kappa shape index (κ1) is 77.9. The van der Waals surface area contributed by atoms with Crippen LogP contribution in [-0.2, 0) is 45.7 Å². The number of benzene rings is 6. The highest BCUT2D eigenvalue weighted by atomic mass is 79.9. The van der Waals surface area contributed by atoms with Gasteiger partial charge in [0.1, 0.15) is 28.7 Å². The van der Waals surface area contributed by atoms with Gasteiger partial charge in [-0.15, -0.1) is 12.4 Å². The molecule has 4 unspecified atom stereocenters. The Morgan fingerprint density at radius 3 is 1.27 bits per heavy atom. The number of carbonyl (C=O) groups is 4. The van der Waals surface area contributed by atoms with Gasteiger partial charge >= 0.3 is 11.9 Å². The molecule has 492 valence electrons. The molecule has 0 aromatic heterocycles. The number of esters is 1. The Balaban J connectivity index is 0.000000284. The zero-order chi connectivity index (χ0) is 61.0. The van der Waals surface area contributed by atoms with E-state index in [-0.39, 0.29) is 126 Å². The van der Waals surface area contributed by atoms with Crippen molar-refractivity contribution < 1.29 is 77.6 Å². The summed E-state index contributed by atoms with van der Waals surface area (Å²) < 4.78 is 17.6. The summed E-state index contributed by atoms with van der Waals surface area (Å²) in [6.45, 7) is 12.2. The molecule has 0 radical (unpaired) electrons. The van der Waals surface area contributed by atoms with E-state index in [1.807, 2.05) is 58.9 Å². The molecular weight excluding hydrogens is 1330 g/mol. The van der Waals surface area contributed by atoms with Gasteiger partial charge in [-0.1, -0.05) is 87.6 Å². The Kier molecular flexibility index (Phi) is 31.0. The largest absolute Gasteiger partial charge is 1.00 e. The SMILES string of the molecule is C.C.CCN=C=NCCCN(C)C.Cc1cc([S+](c2ccccc2)c2ccccc2)cc(C)c1OCC(=O)O.Cc1cc([S+](c2ccccc2)c2ccccc2)cc(C)c1OCC(=O)OC12CC3CC(C1)C(=O)C(C3)C2.Cl.O=C1C2CC3CC1CC(O)(C3)C2.[Br-].[Br-]. The maximum absolute atomic E-state index is 12.9. The molecule has 8 saturated carbocycles. The molecule has 0 saturated heterocycles. The summed E-state index contributed by atoms with van der Waals surface area (Å²) in [5, 5.41) is 18.9. The van der Waals surface area contributed by atoms with Crippen LogP contribution >= 0.6 is 12.4 Å². The van der Waals surface area contributed by atoms with Gasteiger partial charge in [0.25, 0.3) is 0 Å². The van der Waals surface area contributed by atoms with Crippen molar-refractivity contribution in [3.05, 3.63) is 168 Å². The number of hydrogen-bond donors (Lipinski definition) is 2. The van der Waals surface area contributed by atoms with Crippen LogP contribution in [0.25, 0.3) is 0 Å². The number of nitrogens with zero attached hydrogens (tertiary/aromatic N) is 3. The third-order valence-corrected chi connectivity index (χ3v) is 21.7. The predicted octanol–water partition coefficient (Wildman–Crippen LogP) is 9.29. The minimum atomic E-state index is -0.971. The third kappa shape index (κ3) is 20.5. The zero-order valence-corrected chi connectivity index (χ0v) is 57.8. The number of halogens is 3. The van der Waals surface area contributed by atoms with Gasteiger partial charge in [0, 0.05) is 54.5 Å². The second-order valence-corrected chi connectivity index (χ2v) is 28.6. The van der Waals surface area contributed by atoms with Crippen molar-refractivity contribution in [1.82, 2.24) is 4.90 Å². The Morgan fingerprint density at radius 2 is 0.923 bits per heavy atom. The number of aryl methyl sites for hydroxylation is 4. The second kappa shape index (κ2) is 36.2. The van der Waals surface area contributed by atoms with Gasteiger partial charge in [0.05, 0.1) is 39.9 Å². The number of Topliss-reactive ketones (excluding diaryl/α,β-unsaturated/α-hetero) is 2. The van der Waals surface area contributed by atoms with Crippen molar-refractivity contribution in [2.24, 2.45) is 45.5 Å². The number of carboxylic acid groups (broad SMARTS) is 1. The summed E-state index contributed by atoms with van der Waals surface area (Å²) >= 11 is 0. The fourth-order valence-electron chi connectivity index (χ4n) is 14.2. The first-order chi connectivity index (χ1) is 41.4. The topological polar surface area (TPSA) is 164 Å². The van der Waals surface area contributed by atoms with Crippen molar-refractivity contribution in [2.45, 2.75) is 161 Å². The highest BCUT2D eigenvalue weighted by Gasteiger charge is 2.57. The lowest BCUT2D eigenvalue weighted by molar-refractivity contribution is -0.190. The Hall–Kier alpha value is -5.55. The molecular formula is C74H94Br2ClN3O9S2. The normalized spacial score (nSPS) is 22.2. The van der Waals surface area contributed by atoms with Crippen LogP contribution in [0.15, 0.2) is 185 Å². The summed E-state index contributed by atoms with van der Waals surface area (Å²) in [6, 6.07) is 53.2. The van der Waals surface area contributed by atoms with Gasteiger partial charge in [-0.05, 0) is 209 Å². The summed E-state index contributed by atoms with van der Waals surface area (Å²) in [7, 11) is 3.65. The van der Waals surface area contributed by atoms with Crippen LogP contribution in [0.4, 0.5) is 0 Å². The third-order valence-electron chi connectivity index (χ3n) is 17.3. The fraction of sp³-hybridized carbons (Fsp3) is 0.446. The van der Waals surface area contributed by atoms with Crippen molar-refractivity contribution in [2.75, 3.05) is 46.9 Å². The van der Waals surface area contributed by atoms with E-state index in [1.54, 1.807) is 0 Å². The van der Waals surface area contributed by atoms with Gasteiger partial charge < -0.3 is 63.3 Å². The number of aliphatic carboxylic acids is 1. The maximum Gasteiger partial charge on any atom is 0.344 e. The van der Waals surface area contributed by atoms with Gasteiger partial charge in [-0.25, -0.2) is 19.6 Å². The van der Waals surface area contributed by atoms with Crippen LogP contribution in [0.3, 0.4) is 0 Å². The minimum Gasteiger partial charge on any atom is -1.00 e. The minimum absolute atomic E-state index is 0. The second-order valence-electron chi connectivity index (χ2n) is 24.6. The van der Waals surface area contributed by atoms with Crippen LogP contribution in [0.2, 0.25) is 0 Å². The molecule has 0 spiro atoms. The van der Waals surface area contributed by atoms with Crippen LogP contribution in [-0.4, -0.2) is 103 Å². The molecule has 6 aromatic rings. The lowest BCUT2D eigenvalue weighted by Gasteiger charge is -2.54. The first-order valence-corrected chi connectivity index (χ1v) is 33.0. The monoisotopic (exact) mass is 1430 g/mol. The Labute approximate surface area is 574 Å². The molecule has 8 bridgehead atoms. The molecule has 0 amide bonds. The molecule has 17 heteroatoms. The van der Waals surface area contributed by atoms with Gasteiger partial charge in [0.15, 0.2) is 42.6 Å². The maximum atomic E-state index is 12.9. The smallest absolute Gasteiger partial charge is 0.344 e. The van der Waals surface area contributed by atoms with Crippen LogP contribution in [0.5, 0.6) is 11.5 Å². The summed E-state index contributed by atoms with van der Waals surface area (Å²) in [6.07, 6.45) is 9.94. The molecule has 0 aliphatic heterocycles. The summed E-state index contributed by atoms with van der Waals surface area (Å²) in [5.74, 6) is 2.74. The molecule has 8 aliphatic rings. The number of hydrogen-bond acceptors (Lipinski definition) is 11. The number of aliphatic hydroxyl groups is 1. The molecule has 2 N–H and O–H groups in total. The van der Waals surface area contributed by atoms with Gasteiger partial charge in [-0.3, -0.25) is 9.59 Å². The number of rotatable bonds is 18. The highest BCUT2D eigenvalue weighted by Crippen LogP contribution is 2.56. The predicted molar refractivity (Wildman–Crippen MR) is 361 cm³/mol. The highest BCUT2D eigenvalue weighted by molar-refractivity contribution is 7.97. The summed E-state index contributed by atoms with van der Waals surface area (Å²) in [5.41, 5.74) is 3.01. The van der Waals surface area contributed by atoms with E-state index in [9.17, 15) is 24.3 Å². The van der Waals surface area contributed by atoms with E-state index in [0.717, 1.165) is 105 Å². The molecule has 14 rings (SSSR count). The number of aliphatic imine (C=N–C) groups is 2. The molecule has 8 aliphatic carbocycles. The zero-order valence-electron chi connectivity index (χ0n) is 52.2. The average Bonchev–Trinajstić information content (AvgIpc) is 0.797. The quantitative estimate of drug-likeness (QED) is 0.0367. The van der Waals surface area contributed by atoms with Gasteiger partial charge in [0.2, 0.25) is 0 Å². The number of ketones is 2. The molecule has 6 aromatic carbocycles. The van der Waals surface area contributed by atoms with Crippen LogP contribution < -0.4 is 43.4 Å².